The zero-order valence-electron chi connectivity index (χ0n) is 17.0. The van der Waals surface area contributed by atoms with Crippen LogP contribution in [0, 0.1) is 0 Å². The van der Waals surface area contributed by atoms with E-state index in [1.54, 1.807) is 6.08 Å². The van der Waals surface area contributed by atoms with Crippen LogP contribution in [0.15, 0.2) is 46.6 Å². The van der Waals surface area contributed by atoms with E-state index < -0.39 is 11.7 Å². The Morgan fingerprint density at radius 1 is 1.12 bits per heavy atom. The maximum Gasteiger partial charge on any atom is 0.190 e. The van der Waals surface area contributed by atoms with Gasteiger partial charge < -0.3 is 9.84 Å². The highest BCUT2D eigenvalue weighted by molar-refractivity contribution is 6.02. The fourth-order valence-corrected chi connectivity index (χ4v) is 3.52. The predicted octanol–water partition coefficient (Wildman–Crippen LogP) is 5.21. The topological polar surface area (TPSA) is 49.8 Å². The number of ether oxygens (including phenoxy) is 1. The summed E-state index contributed by atoms with van der Waals surface area (Å²) < 4.78 is 5.67. The van der Waals surface area contributed by atoms with Crippen LogP contribution in [0.3, 0.4) is 0 Å². The van der Waals surface area contributed by atoms with Crippen molar-refractivity contribution in [2.24, 2.45) is 0 Å². The van der Waals surface area contributed by atoms with Gasteiger partial charge in [-0.3, -0.25) is 4.79 Å². The van der Waals surface area contributed by atoms with E-state index in [1.807, 2.05) is 6.92 Å². The van der Waals surface area contributed by atoms with Gasteiger partial charge in [0.15, 0.2) is 11.4 Å². The number of fused-ring (bicyclic) bond motifs is 1. The van der Waals surface area contributed by atoms with Gasteiger partial charge in [-0.25, -0.2) is 0 Å². The van der Waals surface area contributed by atoms with Gasteiger partial charge in [0.2, 0.25) is 0 Å². The predicted molar refractivity (Wildman–Crippen MR) is 107 cm³/mol. The third-order valence-corrected chi connectivity index (χ3v) is 5.42. The van der Waals surface area contributed by atoms with E-state index in [4.69, 9.17) is 4.74 Å². The summed E-state index contributed by atoms with van der Waals surface area (Å²) in [5.74, 6) is 0.0173. The lowest BCUT2D eigenvalue weighted by atomic mass is 9.83. The number of aliphatic hydroxyl groups excluding tert-OH is 1. The quantitative estimate of drug-likeness (QED) is 0.454. The smallest absolute Gasteiger partial charge is 0.190 e. The first-order valence-corrected chi connectivity index (χ1v) is 9.85. The fraction of sp³-hybridized carbons (Fsp3) is 0.609. The molecule has 0 bridgehead atoms. The molecular weight excluding hydrogens is 324 g/mol. The van der Waals surface area contributed by atoms with Gasteiger partial charge in [-0.2, -0.15) is 0 Å². The Bertz CT molecular complexity index is 646. The monoisotopic (exact) mass is 358 g/mol. The van der Waals surface area contributed by atoms with Gasteiger partial charge in [0.1, 0.15) is 12.2 Å². The first kappa shape index (κ1) is 20.9. The van der Waals surface area contributed by atoms with E-state index in [9.17, 15) is 9.90 Å². The molecule has 2 rings (SSSR count). The van der Waals surface area contributed by atoms with Crippen LogP contribution >= 0.6 is 0 Å². The Kier molecular flexibility index (Phi) is 7.19. The zero-order chi connectivity index (χ0) is 19.3. The Hall–Kier alpha value is -1.45. The molecule has 0 aromatic heterocycles. The van der Waals surface area contributed by atoms with Crippen molar-refractivity contribution in [1.29, 1.82) is 0 Å². The lowest BCUT2D eigenvalue weighted by molar-refractivity contribution is -0.119. The third kappa shape index (κ3) is 5.05. The van der Waals surface area contributed by atoms with Crippen molar-refractivity contribution in [3.05, 3.63) is 46.6 Å². The second-order valence-electron chi connectivity index (χ2n) is 7.97. The van der Waals surface area contributed by atoms with E-state index >= 15 is 0 Å². The van der Waals surface area contributed by atoms with Crippen molar-refractivity contribution < 1.29 is 14.6 Å². The van der Waals surface area contributed by atoms with Crippen LogP contribution < -0.4 is 0 Å². The van der Waals surface area contributed by atoms with Crippen molar-refractivity contribution in [2.75, 3.05) is 0 Å². The summed E-state index contributed by atoms with van der Waals surface area (Å²) in [6.45, 7) is 10.5. The minimum atomic E-state index is -0.796. The molecule has 0 aromatic carbocycles. The summed E-state index contributed by atoms with van der Waals surface area (Å²) >= 11 is 0. The molecule has 1 aliphatic carbocycles. The van der Waals surface area contributed by atoms with E-state index in [1.165, 1.54) is 16.7 Å². The van der Waals surface area contributed by atoms with Crippen LogP contribution in [-0.2, 0) is 9.53 Å². The summed E-state index contributed by atoms with van der Waals surface area (Å²) in [5.41, 5.74) is 4.08. The summed E-state index contributed by atoms with van der Waals surface area (Å²) in [4.78, 5) is 12.4. The summed E-state index contributed by atoms with van der Waals surface area (Å²) in [6.07, 6.45) is 12.8. The van der Waals surface area contributed by atoms with Crippen LogP contribution in [0.25, 0.3) is 0 Å². The second-order valence-corrected chi connectivity index (χ2v) is 7.97. The molecule has 3 nitrogen and oxygen atoms in total. The molecule has 0 amide bonds. The second kappa shape index (κ2) is 8.96. The van der Waals surface area contributed by atoms with E-state index in [-0.39, 0.29) is 11.9 Å². The van der Waals surface area contributed by atoms with Crippen molar-refractivity contribution in [3.63, 3.8) is 0 Å². The number of ketones is 1. The van der Waals surface area contributed by atoms with Gasteiger partial charge >= 0.3 is 0 Å². The van der Waals surface area contributed by atoms with Gasteiger partial charge in [0.25, 0.3) is 0 Å². The maximum absolute atomic E-state index is 12.4. The Morgan fingerprint density at radius 3 is 2.35 bits per heavy atom. The highest BCUT2D eigenvalue weighted by Gasteiger charge is 2.65. The number of rotatable bonds is 9. The van der Waals surface area contributed by atoms with Gasteiger partial charge in [0.05, 0.1) is 0 Å². The molecule has 1 fully saturated rings. The SMILES string of the molecule is CCC1=CC(=O)[C@]2(C/C=C(\C)CC/C=C(\C)CCC=C(C)C)O[C@@H]2[C@@H]1O. The molecule has 2 aliphatic rings. The number of hydrogen-bond donors (Lipinski definition) is 1. The van der Waals surface area contributed by atoms with Crippen LogP contribution in [-0.4, -0.2) is 28.7 Å². The molecule has 0 radical (unpaired) electrons. The van der Waals surface area contributed by atoms with E-state index in [0.717, 1.165) is 31.3 Å². The average molecular weight is 359 g/mol. The molecule has 144 valence electrons. The zero-order valence-corrected chi connectivity index (χ0v) is 17.0. The molecule has 1 N–H and O–H groups in total. The molecule has 0 spiro atoms. The lowest BCUT2D eigenvalue weighted by Crippen LogP contribution is -2.36. The van der Waals surface area contributed by atoms with E-state index in [0.29, 0.717) is 12.8 Å². The minimum absolute atomic E-state index is 0.0173. The van der Waals surface area contributed by atoms with Crippen molar-refractivity contribution in [1.82, 2.24) is 0 Å². The molecule has 3 atom stereocenters. The third-order valence-electron chi connectivity index (χ3n) is 5.42. The van der Waals surface area contributed by atoms with Gasteiger partial charge in [0, 0.05) is 6.42 Å². The Labute approximate surface area is 158 Å². The molecule has 3 heteroatoms. The van der Waals surface area contributed by atoms with Gasteiger partial charge in [-0.1, -0.05) is 41.9 Å². The number of carbonyl (C=O) groups excluding carboxylic acids is 1. The molecule has 26 heavy (non-hydrogen) atoms. The van der Waals surface area contributed by atoms with Crippen molar-refractivity contribution in [2.45, 2.75) is 91.0 Å². The molecule has 1 saturated heterocycles. The molecule has 0 unspecified atom stereocenters. The highest BCUT2D eigenvalue weighted by atomic mass is 16.6. The largest absolute Gasteiger partial charge is 0.386 e. The maximum atomic E-state index is 12.4. The normalized spacial score (nSPS) is 28.5. The molecule has 1 aliphatic heterocycles. The number of epoxide rings is 1. The van der Waals surface area contributed by atoms with Crippen molar-refractivity contribution >= 4 is 5.78 Å². The van der Waals surface area contributed by atoms with Crippen LogP contribution in [0.5, 0.6) is 0 Å². The number of hydrogen-bond acceptors (Lipinski definition) is 3. The summed E-state index contributed by atoms with van der Waals surface area (Å²) in [7, 11) is 0. The standard InChI is InChI=1S/C23H34O3/c1-6-19-15-20(24)23(22(26-23)21(19)25)14-13-18(5)12-8-11-17(4)10-7-9-16(2)3/h9,11,13,15,21-22,25H,6-8,10,12,14H2,1-5H3/b17-11+,18-13+/t21-,22-,23+/m1/s1. The van der Waals surface area contributed by atoms with Gasteiger partial charge in [-0.05, 0) is 71.4 Å². The van der Waals surface area contributed by atoms with Gasteiger partial charge in [-0.15, -0.1) is 0 Å². The van der Waals surface area contributed by atoms with Crippen LogP contribution in [0.4, 0.5) is 0 Å². The fourth-order valence-electron chi connectivity index (χ4n) is 3.52. The van der Waals surface area contributed by atoms with Crippen LogP contribution in [0.2, 0.25) is 0 Å². The average Bonchev–Trinajstić information content (AvgIpc) is 3.33. The minimum Gasteiger partial charge on any atom is -0.386 e. The first-order valence-electron chi connectivity index (χ1n) is 9.85. The van der Waals surface area contributed by atoms with Crippen LogP contribution in [0.1, 0.15) is 73.1 Å². The molecule has 1 heterocycles. The molecule has 0 aromatic rings. The number of carbonyl (C=O) groups is 1. The first-order chi connectivity index (χ1) is 12.3. The Morgan fingerprint density at radius 2 is 1.73 bits per heavy atom. The number of allylic oxidation sites excluding steroid dienone is 5. The summed E-state index contributed by atoms with van der Waals surface area (Å²) in [5, 5.41) is 10.3. The molecular formula is C23H34O3. The molecule has 0 saturated carbocycles. The highest BCUT2D eigenvalue weighted by Crippen LogP contribution is 2.48. The Balaban J connectivity index is 1.82. The van der Waals surface area contributed by atoms with E-state index in [2.05, 4.69) is 45.9 Å². The van der Waals surface area contributed by atoms with Crippen molar-refractivity contribution in [3.8, 4) is 0 Å². The number of aliphatic hydroxyl groups is 1. The summed E-state index contributed by atoms with van der Waals surface area (Å²) in [6, 6.07) is 0. The lowest BCUT2D eigenvalue weighted by Gasteiger charge is -2.19.